The first-order chi connectivity index (χ1) is 18.8. The van der Waals surface area contributed by atoms with Gasteiger partial charge in [0.05, 0.1) is 10.6 Å². The van der Waals surface area contributed by atoms with Crippen LogP contribution in [0.5, 0.6) is 0 Å². The Bertz CT molecular complexity index is 1390. The number of para-hydroxylation sites is 1. The lowest BCUT2D eigenvalue weighted by molar-refractivity contribution is -0.123. The van der Waals surface area contributed by atoms with Gasteiger partial charge in [-0.3, -0.25) is 9.59 Å². The van der Waals surface area contributed by atoms with E-state index in [0.717, 1.165) is 48.6 Å². The molecule has 2 saturated carbocycles. The van der Waals surface area contributed by atoms with E-state index in [1.165, 1.54) is 21.7 Å². The van der Waals surface area contributed by atoms with E-state index < -0.39 is 16.1 Å². The van der Waals surface area contributed by atoms with Gasteiger partial charge in [0.1, 0.15) is 10.9 Å². The van der Waals surface area contributed by atoms with Gasteiger partial charge in [-0.15, -0.1) is 11.3 Å². The molecule has 0 radical (unpaired) electrons. The molecule has 4 N–H and O–H groups in total. The highest BCUT2D eigenvalue weighted by molar-refractivity contribution is 7.89. The van der Waals surface area contributed by atoms with Gasteiger partial charge < -0.3 is 16.4 Å². The highest BCUT2D eigenvalue weighted by Gasteiger charge is 2.38. The molecule has 208 valence electrons. The minimum Gasteiger partial charge on any atom is -0.398 e. The number of benzene rings is 2. The Labute approximate surface area is 234 Å². The number of anilines is 1. The van der Waals surface area contributed by atoms with Crippen molar-refractivity contribution in [2.45, 2.75) is 68.3 Å². The van der Waals surface area contributed by atoms with Crippen molar-refractivity contribution in [3.8, 4) is 0 Å². The molecule has 1 heterocycles. The molecular formula is C29H36N4O4S2. The normalized spacial score (nSPS) is 16.9. The number of fused-ring (bicyclic) bond motifs is 1. The summed E-state index contributed by atoms with van der Waals surface area (Å²) in [6.07, 6.45) is 7.17. The van der Waals surface area contributed by atoms with Crippen molar-refractivity contribution in [1.29, 1.82) is 0 Å². The van der Waals surface area contributed by atoms with E-state index in [1.807, 2.05) is 30.3 Å². The number of nitrogens with two attached hydrogens (primary N) is 1. The summed E-state index contributed by atoms with van der Waals surface area (Å²) in [5, 5.41) is 6.96. The van der Waals surface area contributed by atoms with Gasteiger partial charge in [0.2, 0.25) is 15.9 Å². The van der Waals surface area contributed by atoms with Crippen molar-refractivity contribution in [3.05, 3.63) is 59.5 Å². The van der Waals surface area contributed by atoms with Gasteiger partial charge in [0, 0.05) is 23.8 Å². The van der Waals surface area contributed by atoms with Crippen LogP contribution in [0.1, 0.15) is 61.0 Å². The van der Waals surface area contributed by atoms with Gasteiger partial charge >= 0.3 is 0 Å². The average Bonchev–Trinajstić information content (AvgIpc) is 3.43. The fourth-order valence-corrected chi connectivity index (χ4v) is 8.21. The number of carbonyl (C=O) groups is 2. The molecule has 1 atom stereocenters. The maximum Gasteiger partial charge on any atom is 0.262 e. The van der Waals surface area contributed by atoms with Crippen LogP contribution in [0.15, 0.2) is 59.5 Å². The molecule has 0 bridgehead atoms. The number of hydrogen-bond donors (Lipinski definition) is 3. The van der Waals surface area contributed by atoms with Gasteiger partial charge in [-0.05, 0) is 61.3 Å². The summed E-state index contributed by atoms with van der Waals surface area (Å²) >= 11 is 1.42. The maximum atomic E-state index is 13.3. The molecule has 2 amide bonds. The smallest absolute Gasteiger partial charge is 0.262 e. The van der Waals surface area contributed by atoms with Gasteiger partial charge in [-0.25, -0.2) is 8.42 Å². The zero-order chi connectivity index (χ0) is 27.4. The van der Waals surface area contributed by atoms with Crippen LogP contribution in [0, 0.1) is 5.92 Å². The van der Waals surface area contributed by atoms with Crippen LogP contribution < -0.4 is 16.4 Å². The highest BCUT2D eigenvalue weighted by atomic mass is 32.2. The number of carbonyl (C=O) groups excluding carboxylic acids is 2. The van der Waals surface area contributed by atoms with E-state index in [2.05, 4.69) is 10.6 Å². The Morgan fingerprint density at radius 3 is 2.46 bits per heavy atom. The van der Waals surface area contributed by atoms with Gasteiger partial charge in [0.25, 0.3) is 5.91 Å². The molecule has 0 spiro atoms. The van der Waals surface area contributed by atoms with Gasteiger partial charge in [0.15, 0.2) is 0 Å². The summed E-state index contributed by atoms with van der Waals surface area (Å²) in [5.41, 5.74) is 6.20. The highest BCUT2D eigenvalue weighted by Crippen LogP contribution is 2.34. The fraction of sp³-hybridized carbons (Fsp3) is 0.448. The number of thiophene rings is 1. The molecule has 3 aromatic rings. The first-order valence-corrected chi connectivity index (χ1v) is 16.0. The molecule has 8 nitrogen and oxygen atoms in total. The Morgan fingerprint density at radius 1 is 1.03 bits per heavy atom. The van der Waals surface area contributed by atoms with Crippen molar-refractivity contribution in [1.82, 2.24) is 14.9 Å². The molecule has 2 aromatic carbocycles. The number of amides is 2. The fourth-order valence-electron chi connectivity index (χ4n) is 5.41. The van der Waals surface area contributed by atoms with Crippen LogP contribution in [0.4, 0.5) is 5.69 Å². The number of rotatable bonds is 12. The quantitative estimate of drug-likeness (QED) is 0.219. The van der Waals surface area contributed by atoms with Crippen molar-refractivity contribution in [3.63, 3.8) is 0 Å². The van der Waals surface area contributed by atoms with E-state index in [4.69, 9.17) is 5.73 Å². The largest absolute Gasteiger partial charge is 0.398 e. The van der Waals surface area contributed by atoms with Crippen LogP contribution in [0.25, 0.3) is 10.1 Å². The first-order valence-electron chi connectivity index (χ1n) is 13.8. The molecule has 0 aliphatic heterocycles. The minimum atomic E-state index is -3.72. The molecular weight excluding hydrogens is 532 g/mol. The standard InChI is InChI=1S/C29H36N4O4S2/c30-23-11-4-6-13-27(23)39(36,37)33(22-14-15-22)17-7-16-31-28(34)24(18-20-8-1-2-9-20)32-29(35)26-19-21-10-3-5-12-25(21)38-26/h3-6,10-13,19-20,22,24H,1-2,7-9,14-18,30H2,(H,31,34)(H,32,35)/t24-/m0/s1. The van der Waals surface area contributed by atoms with Crippen LogP contribution >= 0.6 is 11.3 Å². The summed E-state index contributed by atoms with van der Waals surface area (Å²) in [6.45, 7) is 0.616. The van der Waals surface area contributed by atoms with Crippen LogP contribution in [0.3, 0.4) is 0 Å². The molecule has 1 aromatic heterocycles. The second-order valence-corrected chi connectivity index (χ2v) is 13.5. The number of hydrogen-bond acceptors (Lipinski definition) is 6. The number of sulfonamides is 1. The zero-order valence-corrected chi connectivity index (χ0v) is 23.6. The molecule has 2 aliphatic rings. The Morgan fingerprint density at radius 2 is 1.74 bits per heavy atom. The number of nitrogens with zero attached hydrogens (tertiary/aromatic N) is 1. The number of nitrogen functional groups attached to an aromatic ring is 1. The zero-order valence-electron chi connectivity index (χ0n) is 22.0. The molecule has 5 rings (SSSR count). The van der Waals surface area contributed by atoms with E-state index in [-0.39, 0.29) is 28.4 Å². The summed E-state index contributed by atoms with van der Waals surface area (Å²) in [6, 6.07) is 15.6. The lowest BCUT2D eigenvalue weighted by Crippen LogP contribution is -2.48. The van der Waals surface area contributed by atoms with Crippen molar-refractivity contribution < 1.29 is 18.0 Å². The van der Waals surface area contributed by atoms with Gasteiger partial charge in [-0.1, -0.05) is 56.0 Å². The lowest BCUT2D eigenvalue weighted by atomic mass is 9.97. The first kappa shape index (κ1) is 27.6. The summed E-state index contributed by atoms with van der Waals surface area (Å²) in [4.78, 5) is 27.1. The monoisotopic (exact) mass is 568 g/mol. The molecule has 0 saturated heterocycles. The van der Waals surface area contributed by atoms with Crippen molar-refractivity contribution >= 4 is 48.9 Å². The minimum absolute atomic E-state index is 0.0268. The topological polar surface area (TPSA) is 122 Å². The number of nitrogens with one attached hydrogen (secondary N) is 2. The SMILES string of the molecule is Nc1ccccc1S(=O)(=O)N(CCCNC(=O)[C@H](CC1CCCC1)NC(=O)c1cc2ccccc2s1)C1CC1. The van der Waals surface area contributed by atoms with Gasteiger partial charge in [-0.2, -0.15) is 4.31 Å². The van der Waals surface area contributed by atoms with Crippen LogP contribution in [-0.4, -0.2) is 49.7 Å². The van der Waals surface area contributed by atoms with Crippen molar-refractivity contribution in [2.24, 2.45) is 5.92 Å². The molecule has 10 heteroatoms. The third-order valence-corrected chi connectivity index (χ3v) is 10.8. The third kappa shape index (κ3) is 6.62. The van der Waals surface area contributed by atoms with E-state index in [1.54, 1.807) is 18.2 Å². The Balaban J connectivity index is 1.20. The predicted molar refractivity (Wildman–Crippen MR) is 155 cm³/mol. The molecule has 2 fully saturated rings. The Kier molecular flexibility index (Phi) is 8.54. The Hall–Kier alpha value is -2.95. The maximum absolute atomic E-state index is 13.3. The van der Waals surface area contributed by atoms with E-state index in [0.29, 0.717) is 36.7 Å². The summed E-state index contributed by atoms with van der Waals surface area (Å²) in [5.74, 6) is -0.0411. The average molecular weight is 569 g/mol. The summed E-state index contributed by atoms with van der Waals surface area (Å²) in [7, 11) is -3.72. The molecule has 0 unspecified atom stereocenters. The summed E-state index contributed by atoms with van der Waals surface area (Å²) < 4.78 is 29.1. The second kappa shape index (κ2) is 12.1. The molecule has 39 heavy (non-hydrogen) atoms. The van der Waals surface area contributed by atoms with Crippen LogP contribution in [0.2, 0.25) is 0 Å². The van der Waals surface area contributed by atoms with E-state index >= 15 is 0 Å². The van der Waals surface area contributed by atoms with Crippen molar-refractivity contribution in [2.75, 3.05) is 18.8 Å². The molecule has 2 aliphatic carbocycles. The predicted octanol–water partition coefficient (Wildman–Crippen LogP) is 4.52. The van der Waals surface area contributed by atoms with E-state index in [9.17, 15) is 18.0 Å². The second-order valence-electron chi connectivity index (χ2n) is 10.6. The third-order valence-electron chi connectivity index (χ3n) is 7.63. The van der Waals surface area contributed by atoms with Crippen LogP contribution in [-0.2, 0) is 14.8 Å². The lowest BCUT2D eigenvalue weighted by Gasteiger charge is -2.24.